The Morgan fingerprint density at radius 3 is 2.26 bits per heavy atom. The lowest BCUT2D eigenvalue weighted by atomic mass is 9.47. The molecule has 0 aliphatic heterocycles. The van der Waals surface area contributed by atoms with Crippen molar-refractivity contribution in [1.82, 2.24) is 0 Å². The third-order valence-corrected chi connectivity index (χ3v) is 11.9. The predicted octanol–water partition coefficient (Wildman–Crippen LogP) is 8.03. The Labute approximate surface area is 195 Å². The Bertz CT molecular complexity index is 705. The molecule has 4 aliphatic rings. The highest BCUT2D eigenvalue weighted by molar-refractivity contribution is 6.70. The fourth-order valence-electron chi connectivity index (χ4n) is 8.68. The predicted molar refractivity (Wildman–Crippen MR) is 137 cm³/mol. The molecule has 4 rings (SSSR count). The van der Waals surface area contributed by atoms with Crippen molar-refractivity contribution < 1.29 is 8.85 Å². The second kappa shape index (κ2) is 8.10. The Hall–Kier alpha value is 0.0938. The molecule has 8 atom stereocenters. The fourth-order valence-corrected chi connectivity index (χ4v) is 11.2. The highest BCUT2D eigenvalue weighted by atomic mass is 28.4. The lowest BCUT2D eigenvalue weighted by molar-refractivity contribution is -0.0643. The highest BCUT2D eigenvalue weighted by Gasteiger charge is 2.59. The van der Waals surface area contributed by atoms with E-state index in [1.165, 1.54) is 51.4 Å². The summed E-state index contributed by atoms with van der Waals surface area (Å²) in [5.41, 5.74) is 2.68. The number of allylic oxidation sites excluding steroid dienone is 1. The molecular weight excluding hydrogens is 412 g/mol. The summed E-state index contributed by atoms with van der Waals surface area (Å²) in [5, 5.41) is 0. The molecule has 0 radical (unpaired) electrons. The van der Waals surface area contributed by atoms with Gasteiger partial charge in [-0.1, -0.05) is 25.5 Å². The molecule has 0 aromatic heterocycles. The zero-order valence-corrected chi connectivity index (χ0v) is 24.0. The lowest BCUT2D eigenvalue weighted by Gasteiger charge is -2.58. The van der Waals surface area contributed by atoms with Crippen molar-refractivity contribution in [3.63, 3.8) is 0 Å². The van der Waals surface area contributed by atoms with Crippen LogP contribution in [0.2, 0.25) is 39.3 Å². The summed E-state index contributed by atoms with van der Waals surface area (Å²) in [6.45, 7) is 21.8. The molecule has 2 nitrogen and oxygen atoms in total. The van der Waals surface area contributed by atoms with Crippen LogP contribution < -0.4 is 0 Å². The first kappa shape index (κ1) is 24.2. The van der Waals surface area contributed by atoms with Crippen molar-refractivity contribution in [2.75, 3.05) is 0 Å². The number of rotatable bonds is 5. The zero-order valence-electron chi connectivity index (χ0n) is 22.0. The first-order valence-corrected chi connectivity index (χ1v) is 20.1. The van der Waals surface area contributed by atoms with Crippen LogP contribution in [0.4, 0.5) is 0 Å². The summed E-state index contributed by atoms with van der Waals surface area (Å²) in [7, 11) is -2.95. The van der Waals surface area contributed by atoms with Crippen LogP contribution in [0.3, 0.4) is 0 Å². The molecule has 0 heterocycles. The van der Waals surface area contributed by atoms with E-state index < -0.39 is 16.6 Å². The van der Waals surface area contributed by atoms with E-state index in [9.17, 15) is 0 Å². The highest BCUT2D eigenvalue weighted by Crippen LogP contribution is 2.67. The maximum atomic E-state index is 6.65. The summed E-state index contributed by atoms with van der Waals surface area (Å²) >= 11 is 0. The van der Waals surface area contributed by atoms with Crippen LogP contribution in [0, 0.1) is 34.5 Å². The van der Waals surface area contributed by atoms with Crippen molar-refractivity contribution in [1.29, 1.82) is 0 Å². The molecule has 0 aromatic carbocycles. The molecule has 2 unspecified atom stereocenters. The smallest absolute Gasteiger partial charge is 0.184 e. The minimum absolute atomic E-state index is 0.428. The molecule has 0 saturated heterocycles. The number of hydrogen-bond donors (Lipinski definition) is 0. The Kier molecular flexibility index (Phi) is 6.33. The standard InChI is InChI=1S/C27H50O2Si2/c1-19(28-30(4,5)6)23-12-13-24-22-11-10-20-18-21(29-31(7,8)9)14-16-26(20,2)25(22)15-17-27(23,24)3/h10,19,21-25H,11-18H2,1-9H3/t19?,21?,22-,23+,24-,25-,26-,27+/m0/s1. The zero-order chi connectivity index (χ0) is 22.8. The van der Waals surface area contributed by atoms with Crippen LogP contribution in [0.1, 0.15) is 72.1 Å². The molecule has 0 amide bonds. The van der Waals surface area contributed by atoms with Gasteiger partial charge in [0, 0.05) is 12.2 Å². The van der Waals surface area contributed by atoms with Crippen LogP contribution >= 0.6 is 0 Å². The van der Waals surface area contributed by atoms with E-state index in [1.807, 2.05) is 0 Å². The molecule has 0 N–H and O–H groups in total. The van der Waals surface area contributed by atoms with Gasteiger partial charge in [0.2, 0.25) is 0 Å². The van der Waals surface area contributed by atoms with Gasteiger partial charge in [-0.25, -0.2) is 0 Å². The van der Waals surface area contributed by atoms with Crippen LogP contribution in [-0.4, -0.2) is 28.8 Å². The van der Waals surface area contributed by atoms with Crippen LogP contribution in [0.15, 0.2) is 11.6 Å². The summed E-state index contributed by atoms with van der Waals surface area (Å²) in [6, 6.07) is 0. The SMILES string of the molecule is CC(O[Si](C)(C)C)[C@H]1CC[C@H]2[C@@H]3CC=C4CC(O[Si](C)(C)C)CC[C@]4(C)[C@H]3CC[C@]12C. The van der Waals surface area contributed by atoms with Gasteiger partial charge in [0.05, 0.1) is 0 Å². The van der Waals surface area contributed by atoms with Crippen LogP contribution in [0.5, 0.6) is 0 Å². The average molecular weight is 463 g/mol. The monoisotopic (exact) mass is 462 g/mol. The van der Waals surface area contributed by atoms with Gasteiger partial charge >= 0.3 is 0 Å². The average Bonchev–Trinajstić information content (AvgIpc) is 2.97. The quantitative estimate of drug-likeness (QED) is 0.304. The first-order valence-electron chi connectivity index (χ1n) is 13.3. The topological polar surface area (TPSA) is 18.5 Å². The second-order valence-corrected chi connectivity index (χ2v) is 22.9. The van der Waals surface area contributed by atoms with Gasteiger partial charge in [-0.2, -0.15) is 0 Å². The molecule has 3 fully saturated rings. The minimum Gasteiger partial charge on any atom is -0.415 e. The van der Waals surface area contributed by atoms with E-state index in [2.05, 4.69) is 66.1 Å². The number of hydrogen-bond acceptors (Lipinski definition) is 2. The molecule has 178 valence electrons. The Balaban J connectivity index is 1.52. The summed E-state index contributed by atoms with van der Waals surface area (Å²) in [6.07, 6.45) is 14.4. The molecular formula is C27H50O2Si2. The molecule has 3 saturated carbocycles. The molecule has 0 aromatic rings. The van der Waals surface area contributed by atoms with Gasteiger partial charge in [0.15, 0.2) is 16.6 Å². The third kappa shape index (κ3) is 4.57. The summed E-state index contributed by atoms with van der Waals surface area (Å²) < 4.78 is 13.2. The first-order chi connectivity index (χ1) is 14.2. The van der Waals surface area contributed by atoms with Crippen LogP contribution in [-0.2, 0) is 8.85 Å². The minimum atomic E-state index is -1.49. The van der Waals surface area contributed by atoms with Crippen molar-refractivity contribution in [3.8, 4) is 0 Å². The fraction of sp³-hybridized carbons (Fsp3) is 0.926. The van der Waals surface area contributed by atoms with Gasteiger partial charge < -0.3 is 8.85 Å². The van der Waals surface area contributed by atoms with Crippen LogP contribution in [0.25, 0.3) is 0 Å². The Morgan fingerprint density at radius 2 is 1.61 bits per heavy atom. The molecule has 0 bridgehead atoms. The van der Waals surface area contributed by atoms with E-state index in [0.717, 1.165) is 23.7 Å². The van der Waals surface area contributed by atoms with Gasteiger partial charge in [0.1, 0.15) is 0 Å². The molecule has 4 aliphatic carbocycles. The molecule has 0 spiro atoms. The van der Waals surface area contributed by atoms with Crippen molar-refractivity contribution in [3.05, 3.63) is 11.6 Å². The normalized spacial score (nSPS) is 44.2. The summed E-state index contributed by atoms with van der Waals surface area (Å²) in [5.74, 6) is 3.44. The van der Waals surface area contributed by atoms with Gasteiger partial charge in [0.25, 0.3) is 0 Å². The van der Waals surface area contributed by atoms with E-state index >= 15 is 0 Å². The summed E-state index contributed by atoms with van der Waals surface area (Å²) in [4.78, 5) is 0. The van der Waals surface area contributed by atoms with Crippen molar-refractivity contribution in [2.45, 2.75) is 124 Å². The van der Waals surface area contributed by atoms with E-state index in [4.69, 9.17) is 8.85 Å². The second-order valence-electron chi connectivity index (χ2n) is 14.0. The van der Waals surface area contributed by atoms with E-state index in [1.54, 1.807) is 5.57 Å². The van der Waals surface area contributed by atoms with Crippen molar-refractivity contribution >= 4 is 16.6 Å². The third-order valence-electron chi connectivity index (χ3n) is 9.76. The largest absolute Gasteiger partial charge is 0.415 e. The maximum Gasteiger partial charge on any atom is 0.184 e. The molecule has 31 heavy (non-hydrogen) atoms. The Morgan fingerprint density at radius 1 is 0.903 bits per heavy atom. The molecule has 4 heteroatoms. The number of fused-ring (bicyclic) bond motifs is 5. The van der Waals surface area contributed by atoms with Gasteiger partial charge in [-0.15, -0.1) is 0 Å². The maximum absolute atomic E-state index is 6.65. The van der Waals surface area contributed by atoms with E-state index in [-0.39, 0.29) is 0 Å². The van der Waals surface area contributed by atoms with Gasteiger partial charge in [-0.3, -0.25) is 0 Å². The lowest BCUT2D eigenvalue weighted by Crippen LogP contribution is -2.52. The van der Waals surface area contributed by atoms with Crippen molar-refractivity contribution in [2.24, 2.45) is 34.5 Å². The van der Waals surface area contributed by atoms with Gasteiger partial charge in [-0.05, 0) is 132 Å². The van der Waals surface area contributed by atoms with E-state index in [0.29, 0.717) is 23.0 Å².